The number of rotatable bonds is 7. The van der Waals surface area contributed by atoms with Gasteiger partial charge in [-0.2, -0.15) is 0 Å². The Morgan fingerprint density at radius 1 is 1.15 bits per heavy atom. The van der Waals surface area contributed by atoms with E-state index < -0.39 is 0 Å². The Hall–Kier alpha value is -2.67. The van der Waals surface area contributed by atoms with Crippen molar-refractivity contribution < 1.29 is 9.53 Å². The number of nitrogens with one attached hydrogen (secondary N) is 2. The lowest BCUT2D eigenvalue weighted by Gasteiger charge is -2.27. The van der Waals surface area contributed by atoms with E-state index in [0.717, 1.165) is 44.4 Å². The highest BCUT2D eigenvalue weighted by Gasteiger charge is 2.13. The molecular weight excluding hydrogens is 330 g/mol. The molecule has 1 aliphatic rings. The first kappa shape index (κ1) is 18.1. The van der Waals surface area contributed by atoms with Gasteiger partial charge in [0.15, 0.2) is 0 Å². The molecule has 0 unspecified atom stereocenters. The zero-order chi connectivity index (χ0) is 18.2. The minimum atomic E-state index is -0.0638. The summed E-state index contributed by atoms with van der Waals surface area (Å²) in [5.41, 5.74) is 1.90. The Kier molecular flexibility index (Phi) is 6.38. The van der Waals surface area contributed by atoms with Gasteiger partial charge in [-0.05, 0) is 24.1 Å². The highest BCUT2D eigenvalue weighted by Crippen LogP contribution is 2.15. The number of ether oxygens (including phenoxy) is 1. The quantitative estimate of drug-likeness (QED) is 0.736. The highest BCUT2D eigenvalue weighted by atomic mass is 16.5. The van der Waals surface area contributed by atoms with Crippen molar-refractivity contribution in [1.29, 1.82) is 0 Å². The second-order valence-corrected chi connectivity index (χ2v) is 6.09. The third-order valence-electron chi connectivity index (χ3n) is 4.33. The molecule has 1 amide bonds. The molecule has 1 aromatic carbocycles. The number of anilines is 2. The molecule has 0 radical (unpaired) electrons. The molecule has 0 saturated carbocycles. The van der Waals surface area contributed by atoms with E-state index in [1.807, 2.05) is 30.3 Å². The van der Waals surface area contributed by atoms with Crippen molar-refractivity contribution in [2.75, 3.05) is 49.6 Å². The molecule has 2 heterocycles. The Morgan fingerprint density at radius 2 is 1.92 bits per heavy atom. The van der Waals surface area contributed by atoms with Crippen LogP contribution in [0, 0.1) is 0 Å². The van der Waals surface area contributed by atoms with E-state index in [9.17, 15) is 4.79 Å². The van der Waals surface area contributed by atoms with Gasteiger partial charge in [-0.1, -0.05) is 19.1 Å². The van der Waals surface area contributed by atoms with Crippen LogP contribution in [-0.2, 0) is 11.2 Å². The van der Waals surface area contributed by atoms with Gasteiger partial charge in [0.05, 0.1) is 13.2 Å². The standard InChI is InChI=1S/C19H25N5O2/c1-2-15-3-5-16(6-4-15)19(25)21-8-7-20-17-13-18(23-14-22-17)24-9-11-26-12-10-24/h3-6,13-14H,2,7-12H2,1H3,(H,21,25)(H,20,22,23). The third-order valence-corrected chi connectivity index (χ3v) is 4.33. The number of carbonyl (C=O) groups is 1. The number of aromatic nitrogens is 2. The third kappa shape index (κ3) is 4.92. The molecule has 1 aliphatic heterocycles. The van der Waals surface area contributed by atoms with Crippen molar-refractivity contribution in [3.63, 3.8) is 0 Å². The van der Waals surface area contributed by atoms with E-state index in [0.29, 0.717) is 18.7 Å². The summed E-state index contributed by atoms with van der Waals surface area (Å²) in [5.74, 6) is 1.58. The van der Waals surface area contributed by atoms with Crippen LogP contribution in [0.4, 0.5) is 11.6 Å². The molecule has 2 aromatic rings. The largest absolute Gasteiger partial charge is 0.378 e. The number of benzene rings is 1. The second kappa shape index (κ2) is 9.15. The zero-order valence-corrected chi connectivity index (χ0v) is 15.1. The first-order chi connectivity index (χ1) is 12.8. The molecule has 26 heavy (non-hydrogen) atoms. The molecule has 0 bridgehead atoms. The van der Waals surface area contributed by atoms with E-state index in [-0.39, 0.29) is 5.91 Å². The summed E-state index contributed by atoms with van der Waals surface area (Å²) in [5, 5.41) is 6.14. The average Bonchev–Trinajstić information content (AvgIpc) is 2.72. The van der Waals surface area contributed by atoms with Gasteiger partial charge in [0.2, 0.25) is 0 Å². The maximum absolute atomic E-state index is 12.1. The van der Waals surface area contributed by atoms with E-state index in [2.05, 4.69) is 32.4 Å². The van der Waals surface area contributed by atoms with Gasteiger partial charge in [-0.3, -0.25) is 4.79 Å². The van der Waals surface area contributed by atoms with Crippen LogP contribution in [0.15, 0.2) is 36.7 Å². The molecule has 1 fully saturated rings. The fraction of sp³-hybridized carbons (Fsp3) is 0.421. The van der Waals surface area contributed by atoms with Gasteiger partial charge in [0, 0.05) is 37.8 Å². The summed E-state index contributed by atoms with van der Waals surface area (Å²) in [7, 11) is 0. The molecule has 0 atom stereocenters. The molecule has 3 rings (SSSR count). The van der Waals surface area contributed by atoms with E-state index in [1.165, 1.54) is 5.56 Å². The first-order valence-corrected chi connectivity index (χ1v) is 9.02. The van der Waals surface area contributed by atoms with Crippen LogP contribution in [0.2, 0.25) is 0 Å². The van der Waals surface area contributed by atoms with Crippen LogP contribution in [-0.4, -0.2) is 55.3 Å². The smallest absolute Gasteiger partial charge is 0.251 e. The number of nitrogens with zero attached hydrogens (tertiary/aromatic N) is 3. The molecule has 7 heteroatoms. The maximum atomic E-state index is 12.1. The number of hydrogen-bond acceptors (Lipinski definition) is 6. The number of carbonyl (C=O) groups excluding carboxylic acids is 1. The molecular formula is C19H25N5O2. The zero-order valence-electron chi connectivity index (χ0n) is 15.1. The predicted octanol–water partition coefficient (Wildman–Crippen LogP) is 1.72. The van der Waals surface area contributed by atoms with Gasteiger partial charge in [-0.15, -0.1) is 0 Å². The molecule has 1 saturated heterocycles. The summed E-state index contributed by atoms with van der Waals surface area (Å²) >= 11 is 0. The van der Waals surface area contributed by atoms with Gasteiger partial charge in [0.25, 0.3) is 5.91 Å². The fourth-order valence-corrected chi connectivity index (χ4v) is 2.77. The van der Waals surface area contributed by atoms with Crippen molar-refractivity contribution in [1.82, 2.24) is 15.3 Å². The Morgan fingerprint density at radius 3 is 2.65 bits per heavy atom. The van der Waals surface area contributed by atoms with Crippen LogP contribution < -0.4 is 15.5 Å². The van der Waals surface area contributed by atoms with Crippen LogP contribution in [0.1, 0.15) is 22.8 Å². The molecule has 1 aromatic heterocycles. The lowest BCUT2D eigenvalue weighted by Crippen LogP contribution is -2.36. The van der Waals surface area contributed by atoms with Crippen LogP contribution >= 0.6 is 0 Å². The Balaban J connectivity index is 1.45. The Bertz CT molecular complexity index is 714. The predicted molar refractivity (Wildman–Crippen MR) is 102 cm³/mol. The van der Waals surface area contributed by atoms with Crippen molar-refractivity contribution in [3.05, 3.63) is 47.8 Å². The number of hydrogen-bond donors (Lipinski definition) is 2. The second-order valence-electron chi connectivity index (χ2n) is 6.09. The highest BCUT2D eigenvalue weighted by molar-refractivity contribution is 5.94. The summed E-state index contributed by atoms with van der Waals surface area (Å²) in [6.45, 7) is 6.32. The monoisotopic (exact) mass is 355 g/mol. The summed E-state index contributed by atoms with van der Waals surface area (Å²) in [6.07, 6.45) is 2.53. The van der Waals surface area contributed by atoms with Crippen molar-refractivity contribution in [3.8, 4) is 0 Å². The van der Waals surface area contributed by atoms with Gasteiger partial charge >= 0.3 is 0 Å². The number of aryl methyl sites for hydroxylation is 1. The van der Waals surface area contributed by atoms with E-state index in [4.69, 9.17) is 4.74 Å². The van der Waals surface area contributed by atoms with Gasteiger partial charge < -0.3 is 20.3 Å². The van der Waals surface area contributed by atoms with Crippen LogP contribution in [0.25, 0.3) is 0 Å². The minimum absolute atomic E-state index is 0.0638. The van der Waals surface area contributed by atoms with E-state index in [1.54, 1.807) is 6.33 Å². The van der Waals surface area contributed by atoms with Gasteiger partial charge in [0.1, 0.15) is 18.0 Å². The van der Waals surface area contributed by atoms with Crippen LogP contribution in [0.3, 0.4) is 0 Å². The topological polar surface area (TPSA) is 79.4 Å². The SMILES string of the molecule is CCc1ccc(C(=O)NCCNc2cc(N3CCOCC3)ncn2)cc1. The first-order valence-electron chi connectivity index (χ1n) is 9.02. The number of amides is 1. The summed E-state index contributed by atoms with van der Waals surface area (Å²) < 4.78 is 5.36. The maximum Gasteiger partial charge on any atom is 0.251 e. The summed E-state index contributed by atoms with van der Waals surface area (Å²) in [6, 6.07) is 9.63. The lowest BCUT2D eigenvalue weighted by atomic mass is 10.1. The molecule has 2 N–H and O–H groups in total. The Labute approximate surface area is 153 Å². The fourth-order valence-electron chi connectivity index (χ4n) is 2.77. The van der Waals surface area contributed by atoms with Crippen LogP contribution in [0.5, 0.6) is 0 Å². The van der Waals surface area contributed by atoms with Crippen molar-refractivity contribution in [2.24, 2.45) is 0 Å². The molecule has 0 spiro atoms. The average molecular weight is 355 g/mol. The lowest BCUT2D eigenvalue weighted by molar-refractivity contribution is 0.0955. The minimum Gasteiger partial charge on any atom is -0.378 e. The normalized spacial score (nSPS) is 14.1. The van der Waals surface area contributed by atoms with E-state index >= 15 is 0 Å². The summed E-state index contributed by atoms with van der Waals surface area (Å²) in [4.78, 5) is 22.9. The van der Waals surface area contributed by atoms with Crippen molar-refractivity contribution in [2.45, 2.75) is 13.3 Å². The number of morpholine rings is 1. The molecule has 138 valence electrons. The van der Waals surface area contributed by atoms with Gasteiger partial charge in [-0.25, -0.2) is 9.97 Å². The van der Waals surface area contributed by atoms with Crippen molar-refractivity contribution >= 4 is 17.5 Å². The molecule has 0 aliphatic carbocycles. The molecule has 7 nitrogen and oxygen atoms in total.